The molecule has 1 atom stereocenters. The molecule has 106 valence electrons. The van der Waals surface area contributed by atoms with Crippen LogP contribution in [0.25, 0.3) is 10.9 Å². The van der Waals surface area contributed by atoms with Gasteiger partial charge in [-0.1, -0.05) is 6.92 Å². The molecule has 0 aliphatic rings. The zero-order chi connectivity index (χ0) is 14.9. The highest BCUT2D eigenvalue weighted by Gasteiger charge is 2.19. The molecule has 2 aromatic rings. The smallest absolute Gasteiger partial charge is 0.326 e. The van der Waals surface area contributed by atoms with Crippen LogP contribution in [0.3, 0.4) is 0 Å². The molecule has 1 aromatic heterocycles. The number of aliphatic carboxylic acids is 1. The van der Waals surface area contributed by atoms with Crippen molar-refractivity contribution in [2.24, 2.45) is 0 Å². The predicted octanol–water partition coefficient (Wildman–Crippen LogP) is 2.38. The van der Waals surface area contributed by atoms with Gasteiger partial charge in [0.15, 0.2) is 0 Å². The molecule has 0 aliphatic carbocycles. The Labute approximate surface area is 117 Å². The van der Waals surface area contributed by atoms with E-state index in [1.807, 2.05) is 19.9 Å². The summed E-state index contributed by atoms with van der Waals surface area (Å²) < 4.78 is 0. The van der Waals surface area contributed by atoms with E-state index in [4.69, 9.17) is 5.11 Å². The molecule has 1 unspecified atom stereocenters. The number of carboxylic acids is 1. The first-order valence-electron chi connectivity index (χ1n) is 6.56. The van der Waals surface area contributed by atoms with Crippen molar-refractivity contribution in [3.8, 4) is 0 Å². The minimum atomic E-state index is -1.02. The van der Waals surface area contributed by atoms with Crippen molar-refractivity contribution in [2.45, 2.75) is 33.2 Å². The number of H-pyrrole nitrogens is 1. The summed E-state index contributed by atoms with van der Waals surface area (Å²) in [7, 11) is 0. The molecule has 1 aromatic carbocycles. The Balaban J connectivity index is 2.30. The molecule has 0 spiro atoms. The second-order valence-corrected chi connectivity index (χ2v) is 4.91. The van der Waals surface area contributed by atoms with Gasteiger partial charge in [-0.2, -0.15) is 0 Å². The van der Waals surface area contributed by atoms with Gasteiger partial charge < -0.3 is 15.4 Å². The van der Waals surface area contributed by atoms with Gasteiger partial charge >= 0.3 is 5.97 Å². The summed E-state index contributed by atoms with van der Waals surface area (Å²) in [6.07, 6.45) is 0.353. The normalized spacial score (nSPS) is 12.3. The molecule has 0 saturated carbocycles. The van der Waals surface area contributed by atoms with Crippen LogP contribution in [0, 0.1) is 13.8 Å². The van der Waals surface area contributed by atoms with Crippen molar-refractivity contribution in [3.63, 3.8) is 0 Å². The van der Waals surface area contributed by atoms with E-state index in [-0.39, 0.29) is 5.91 Å². The SMILES string of the molecule is CCC(NC(=O)c1ccc2[nH]c(C)c(C)c2c1)C(=O)O. The number of rotatable bonds is 4. The van der Waals surface area contributed by atoms with Crippen molar-refractivity contribution in [2.75, 3.05) is 0 Å². The average molecular weight is 274 g/mol. The molecule has 1 heterocycles. The summed E-state index contributed by atoms with van der Waals surface area (Å²) in [6.45, 7) is 5.69. The van der Waals surface area contributed by atoms with Crippen molar-refractivity contribution in [1.29, 1.82) is 0 Å². The van der Waals surface area contributed by atoms with Gasteiger partial charge in [-0.05, 0) is 44.0 Å². The molecule has 2 rings (SSSR count). The zero-order valence-corrected chi connectivity index (χ0v) is 11.8. The highest BCUT2D eigenvalue weighted by Crippen LogP contribution is 2.22. The summed E-state index contributed by atoms with van der Waals surface area (Å²) in [6, 6.07) is 4.47. The predicted molar refractivity (Wildman–Crippen MR) is 77.0 cm³/mol. The van der Waals surface area contributed by atoms with Crippen molar-refractivity contribution in [1.82, 2.24) is 10.3 Å². The van der Waals surface area contributed by atoms with Crippen LogP contribution in [-0.4, -0.2) is 28.0 Å². The standard InChI is InChI=1S/C15H18N2O3/c1-4-12(15(19)20)17-14(18)10-5-6-13-11(7-10)8(2)9(3)16-13/h5-7,12,16H,4H2,1-3H3,(H,17,18)(H,19,20). The second kappa shape index (κ2) is 5.36. The molecule has 3 N–H and O–H groups in total. The van der Waals surface area contributed by atoms with Gasteiger partial charge in [-0.3, -0.25) is 4.79 Å². The topological polar surface area (TPSA) is 82.2 Å². The number of aromatic amines is 1. The Kier molecular flexibility index (Phi) is 3.79. The lowest BCUT2D eigenvalue weighted by Crippen LogP contribution is -2.40. The van der Waals surface area contributed by atoms with Crippen molar-refractivity contribution < 1.29 is 14.7 Å². The Hall–Kier alpha value is -2.30. The van der Waals surface area contributed by atoms with Crippen LogP contribution in [0.5, 0.6) is 0 Å². The van der Waals surface area contributed by atoms with Crippen LogP contribution >= 0.6 is 0 Å². The number of fused-ring (bicyclic) bond motifs is 1. The molecule has 1 amide bonds. The number of hydrogen-bond acceptors (Lipinski definition) is 2. The first-order valence-corrected chi connectivity index (χ1v) is 6.56. The number of amides is 1. The lowest BCUT2D eigenvalue weighted by molar-refractivity contribution is -0.139. The largest absolute Gasteiger partial charge is 0.480 e. The number of carbonyl (C=O) groups excluding carboxylic acids is 1. The molecule has 0 fully saturated rings. The maximum atomic E-state index is 12.1. The Morgan fingerprint density at radius 3 is 2.65 bits per heavy atom. The molecule has 0 bridgehead atoms. The van der Waals surface area contributed by atoms with E-state index < -0.39 is 12.0 Å². The molecule has 0 saturated heterocycles. The Bertz CT molecular complexity index is 673. The van der Waals surface area contributed by atoms with Gasteiger partial charge in [0.05, 0.1) is 0 Å². The Morgan fingerprint density at radius 2 is 2.05 bits per heavy atom. The molecule has 0 radical (unpaired) electrons. The van der Waals surface area contributed by atoms with Crippen LogP contribution < -0.4 is 5.32 Å². The molecule has 0 aliphatic heterocycles. The second-order valence-electron chi connectivity index (χ2n) is 4.91. The monoisotopic (exact) mass is 274 g/mol. The maximum absolute atomic E-state index is 12.1. The van der Waals surface area contributed by atoms with Crippen LogP contribution in [0.2, 0.25) is 0 Å². The van der Waals surface area contributed by atoms with E-state index in [1.165, 1.54) is 0 Å². The van der Waals surface area contributed by atoms with E-state index in [2.05, 4.69) is 10.3 Å². The quantitative estimate of drug-likeness (QED) is 0.800. The summed E-state index contributed by atoms with van der Waals surface area (Å²) in [5, 5.41) is 12.5. The lowest BCUT2D eigenvalue weighted by atomic mass is 10.1. The average Bonchev–Trinajstić information content (AvgIpc) is 2.70. The molecule has 20 heavy (non-hydrogen) atoms. The highest BCUT2D eigenvalue weighted by atomic mass is 16.4. The van der Waals surface area contributed by atoms with E-state index in [1.54, 1.807) is 19.1 Å². The number of benzene rings is 1. The number of aryl methyl sites for hydroxylation is 2. The Morgan fingerprint density at radius 1 is 1.35 bits per heavy atom. The third-order valence-electron chi connectivity index (χ3n) is 3.58. The van der Waals surface area contributed by atoms with Crippen LogP contribution in [0.1, 0.15) is 35.0 Å². The number of nitrogens with one attached hydrogen (secondary N) is 2. The highest BCUT2D eigenvalue weighted by molar-refractivity contribution is 6.00. The summed E-state index contributed by atoms with van der Waals surface area (Å²) in [5.41, 5.74) is 3.61. The van der Waals surface area contributed by atoms with E-state index in [9.17, 15) is 9.59 Å². The fourth-order valence-corrected chi connectivity index (χ4v) is 2.18. The van der Waals surface area contributed by atoms with Crippen LogP contribution in [0.15, 0.2) is 18.2 Å². The number of carboxylic acid groups (broad SMARTS) is 1. The third-order valence-corrected chi connectivity index (χ3v) is 3.58. The van der Waals surface area contributed by atoms with E-state index in [0.717, 1.165) is 22.2 Å². The fraction of sp³-hybridized carbons (Fsp3) is 0.333. The maximum Gasteiger partial charge on any atom is 0.326 e. The number of hydrogen-bond donors (Lipinski definition) is 3. The summed E-state index contributed by atoms with van der Waals surface area (Å²) >= 11 is 0. The van der Waals surface area contributed by atoms with Gasteiger partial charge in [0.25, 0.3) is 5.91 Å². The third kappa shape index (κ3) is 2.52. The minimum Gasteiger partial charge on any atom is -0.480 e. The van der Waals surface area contributed by atoms with E-state index >= 15 is 0 Å². The zero-order valence-electron chi connectivity index (χ0n) is 11.8. The van der Waals surface area contributed by atoms with Gasteiger partial charge in [-0.15, -0.1) is 0 Å². The summed E-state index contributed by atoms with van der Waals surface area (Å²) in [4.78, 5) is 26.3. The number of carbonyl (C=O) groups is 2. The first kappa shape index (κ1) is 14.1. The minimum absolute atomic E-state index is 0.353. The van der Waals surface area contributed by atoms with Crippen molar-refractivity contribution in [3.05, 3.63) is 35.0 Å². The molecule has 5 heteroatoms. The van der Waals surface area contributed by atoms with Gasteiger partial charge in [0.1, 0.15) is 6.04 Å². The van der Waals surface area contributed by atoms with Gasteiger partial charge in [0, 0.05) is 22.2 Å². The fourth-order valence-electron chi connectivity index (χ4n) is 2.18. The number of aromatic nitrogens is 1. The van der Waals surface area contributed by atoms with Crippen LogP contribution in [-0.2, 0) is 4.79 Å². The molecular weight excluding hydrogens is 256 g/mol. The van der Waals surface area contributed by atoms with Crippen molar-refractivity contribution >= 4 is 22.8 Å². The molecule has 5 nitrogen and oxygen atoms in total. The lowest BCUT2D eigenvalue weighted by Gasteiger charge is -2.12. The van der Waals surface area contributed by atoms with Gasteiger partial charge in [-0.25, -0.2) is 4.79 Å². The van der Waals surface area contributed by atoms with Gasteiger partial charge in [0.2, 0.25) is 0 Å². The summed E-state index contributed by atoms with van der Waals surface area (Å²) in [5.74, 6) is -1.38. The first-order chi connectivity index (χ1) is 9.43. The van der Waals surface area contributed by atoms with Crippen LogP contribution in [0.4, 0.5) is 0 Å². The van der Waals surface area contributed by atoms with E-state index in [0.29, 0.717) is 12.0 Å². The molecular formula is C15H18N2O3.